The quantitative estimate of drug-likeness (QED) is 0.880. The van der Waals surface area contributed by atoms with Crippen molar-refractivity contribution in [3.63, 3.8) is 0 Å². The molecule has 0 bridgehead atoms. The molecule has 8 heteroatoms. The van der Waals surface area contributed by atoms with Gasteiger partial charge < -0.3 is 5.73 Å². The predicted octanol–water partition coefficient (Wildman–Crippen LogP) is 2.24. The second-order valence-corrected chi connectivity index (χ2v) is 7.77. The van der Waals surface area contributed by atoms with E-state index in [4.69, 9.17) is 22.6 Å². The van der Waals surface area contributed by atoms with Gasteiger partial charge in [0.2, 0.25) is 10.0 Å². The molecule has 0 saturated carbocycles. The topological polar surface area (TPSA) is 87.2 Å². The van der Waals surface area contributed by atoms with Gasteiger partial charge in [-0.25, -0.2) is 12.7 Å². The van der Waals surface area contributed by atoms with Gasteiger partial charge in [0.1, 0.15) is 11.0 Å². The molecular weight excluding hydrogens is 333 g/mol. The van der Waals surface area contributed by atoms with Crippen molar-refractivity contribution in [1.82, 2.24) is 4.31 Å². The summed E-state index contributed by atoms with van der Waals surface area (Å²) in [6.07, 6.45) is 0. The van der Waals surface area contributed by atoms with Crippen LogP contribution in [-0.2, 0) is 10.0 Å². The Labute approximate surface area is 137 Å². The zero-order chi connectivity index (χ0) is 15.6. The zero-order valence-corrected chi connectivity index (χ0v) is 14.5. The molecular formula is C13H19Cl2N3O2S. The molecule has 0 heterocycles. The minimum absolute atomic E-state index is 0. The monoisotopic (exact) mass is 351 g/mol. The molecule has 0 saturated heterocycles. The van der Waals surface area contributed by atoms with Gasteiger partial charge in [-0.05, 0) is 24.1 Å². The number of benzene rings is 1. The minimum Gasteiger partial charge on any atom is -0.330 e. The Balaban J connectivity index is 0.00000400. The van der Waals surface area contributed by atoms with E-state index >= 15 is 0 Å². The third-order valence-corrected chi connectivity index (χ3v) is 5.14. The fraction of sp³-hybridized carbons (Fsp3) is 0.462. The van der Waals surface area contributed by atoms with E-state index < -0.39 is 10.0 Å². The first-order valence-electron chi connectivity index (χ1n) is 6.01. The van der Waals surface area contributed by atoms with Crippen LogP contribution in [0.5, 0.6) is 0 Å². The maximum atomic E-state index is 12.5. The average molecular weight is 352 g/mol. The van der Waals surface area contributed by atoms with E-state index in [1.54, 1.807) is 0 Å². The van der Waals surface area contributed by atoms with Crippen LogP contribution in [0, 0.1) is 16.7 Å². The van der Waals surface area contributed by atoms with Crippen LogP contribution in [0.2, 0.25) is 5.02 Å². The Morgan fingerprint density at radius 1 is 1.43 bits per heavy atom. The van der Waals surface area contributed by atoms with Crippen molar-refractivity contribution in [1.29, 1.82) is 5.26 Å². The maximum absolute atomic E-state index is 12.5. The molecule has 0 amide bonds. The van der Waals surface area contributed by atoms with Crippen molar-refractivity contribution in [2.24, 2.45) is 11.1 Å². The Hall–Kier alpha value is -0.840. The number of rotatable bonds is 5. The van der Waals surface area contributed by atoms with Crippen molar-refractivity contribution in [3.05, 3.63) is 28.8 Å². The largest absolute Gasteiger partial charge is 0.330 e. The Morgan fingerprint density at radius 3 is 2.48 bits per heavy atom. The average Bonchev–Trinajstić information content (AvgIpc) is 2.37. The first kappa shape index (κ1) is 20.2. The molecule has 2 N–H and O–H groups in total. The summed E-state index contributed by atoms with van der Waals surface area (Å²) < 4.78 is 26.3. The normalized spacial score (nSPS) is 11.9. The highest BCUT2D eigenvalue weighted by molar-refractivity contribution is 7.89. The van der Waals surface area contributed by atoms with E-state index in [9.17, 15) is 8.42 Å². The van der Waals surface area contributed by atoms with Gasteiger partial charge in [0.25, 0.3) is 0 Å². The van der Waals surface area contributed by atoms with Crippen molar-refractivity contribution < 1.29 is 8.42 Å². The first-order chi connectivity index (χ1) is 9.15. The number of sulfonamides is 1. The molecule has 0 radical (unpaired) electrons. The summed E-state index contributed by atoms with van der Waals surface area (Å²) in [5.74, 6) is 0. The van der Waals surface area contributed by atoms with Gasteiger partial charge in [-0.2, -0.15) is 5.26 Å². The van der Waals surface area contributed by atoms with Gasteiger partial charge in [-0.15, -0.1) is 12.4 Å². The highest BCUT2D eigenvalue weighted by Gasteiger charge is 2.29. The van der Waals surface area contributed by atoms with Crippen LogP contribution in [0.25, 0.3) is 0 Å². The second kappa shape index (κ2) is 7.43. The summed E-state index contributed by atoms with van der Waals surface area (Å²) in [6.45, 7) is 4.36. The van der Waals surface area contributed by atoms with Crippen LogP contribution in [0.4, 0.5) is 0 Å². The molecule has 0 atom stereocenters. The summed E-state index contributed by atoms with van der Waals surface area (Å²) in [5.41, 5.74) is 5.23. The molecule has 0 fully saturated rings. The van der Waals surface area contributed by atoms with E-state index in [0.29, 0.717) is 6.54 Å². The number of hydrogen-bond donors (Lipinski definition) is 1. The van der Waals surface area contributed by atoms with Gasteiger partial charge >= 0.3 is 0 Å². The summed E-state index contributed by atoms with van der Waals surface area (Å²) >= 11 is 5.88. The summed E-state index contributed by atoms with van der Waals surface area (Å²) in [7, 11) is -2.31. The van der Waals surface area contributed by atoms with Crippen LogP contribution in [0.1, 0.15) is 19.4 Å². The standard InChI is InChI=1S/C13H18ClN3O2S.ClH/c1-13(2,8-16)9-17(3)20(18,19)12-6-4-5-11(14)10(12)7-15;/h4-6H,8-9,16H2,1-3H3;1H. The summed E-state index contributed by atoms with van der Waals surface area (Å²) in [5, 5.41) is 9.21. The van der Waals surface area contributed by atoms with Crippen molar-refractivity contribution in [3.8, 4) is 6.07 Å². The molecule has 1 aromatic carbocycles. The van der Waals surface area contributed by atoms with Gasteiger partial charge in [-0.3, -0.25) is 0 Å². The van der Waals surface area contributed by atoms with Gasteiger partial charge in [-0.1, -0.05) is 31.5 Å². The van der Waals surface area contributed by atoms with E-state index in [1.165, 1.54) is 29.6 Å². The van der Waals surface area contributed by atoms with Crippen molar-refractivity contribution >= 4 is 34.0 Å². The smallest absolute Gasteiger partial charge is 0.244 e. The Kier molecular flexibility index (Phi) is 7.13. The van der Waals surface area contributed by atoms with Crippen molar-refractivity contribution in [2.45, 2.75) is 18.7 Å². The summed E-state index contributed by atoms with van der Waals surface area (Å²) in [6, 6.07) is 6.22. The third kappa shape index (κ3) is 4.56. The number of nitrogens with two attached hydrogens (primary N) is 1. The molecule has 1 aromatic rings. The highest BCUT2D eigenvalue weighted by atomic mass is 35.5. The molecule has 0 unspecified atom stereocenters. The van der Waals surface area contributed by atoms with Crippen LogP contribution in [-0.4, -0.2) is 32.9 Å². The number of nitrogens with zero attached hydrogens (tertiary/aromatic N) is 2. The van der Waals surface area contributed by atoms with Crippen LogP contribution in [0.15, 0.2) is 23.1 Å². The predicted molar refractivity (Wildman–Crippen MR) is 86.1 cm³/mol. The second-order valence-electron chi connectivity index (χ2n) is 5.35. The lowest BCUT2D eigenvalue weighted by Gasteiger charge is -2.28. The molecule has 0 spiro atoms. The third-order valence-electron chi connectivity index (χ3n) is 2.98. The van der Waals surface area contributed by atoms with E-state index in [2.05, 4.69) is 0 Å². The lowest BCUT2D eigenvalue weighted by atomic mass is 9.94. The highest BCUT2D eigenvalue weighted by Crippen LogP contribution is 2.27. The van der Waals surface area contributed by atoms with Crippen LogP contribution < -0.4 is 5.73 Å². The fourth-order valence-corrected chi connectivity index (χ4v) is 3.54. The maximum Gasteiger partial charge on any atom is 0.244 e. The lowest BCUT2D eigenvalue weighted by molar-refractivity contribution is 0.292. The molecule has 5 nitrogen and oxygen atoms in total. The van der Waals surface area contributed by atoms with E-state index in [0.717, 1.165) is 0 Å². The Bertz CT molecular complexity index is 639. The molecule has 21 heavy (non-hydrogen) atoms. The molecule has 1 rings (SSSR count). The van der Waals surface area contributed by atoms with Crippen LogP contribution >= 0.6 is 24.0 Å². The van der Waals surface area contributed by atoms with Gasteiger partial charge in [0, 0.05) is 13.6 Å². The Morgan fingerprint density at radius 2 is 2.00 bits per heavy atom. The number of hydrogen-bond acceptors (Lipinski definition) is 4. The summed E-state index contributed by atoms with van der Waals surface area (Å²) in [4.78, 5) is -0.0807. The minimum atomic E-state index is -3.78. The molecule has 0 aromatic heterocycles. The van der Waals surface area contributed by atoms with Gasteiger partial charge in [0.05, 0.1) is 10.6 Å². The fourth-order valence-electron chi connectivity index (χ4n) is 1.75. The van der Waals surface area contributed by atoms with Gasteiger partial charge in [0.15, 0.2) is 0 Å². The number of nitriles is 1. The number of halogens is 2. The molecule has 118 valence electrons. The SMILES string of the molecule is CN(CC(C)(C)CN)S(=O)(=O)c1cccc(Cl)c1C#N.Cl. The zero-order valence-electron chi connectivity index (χ0n) is 12.1. The molecule has 0 aliphatic rings. The van der Waals surface area contributed by atoms with E-state index in [1.807, 2.05) is 19.9 Å². The first-order valence-corrected chi connectivity index (χ1v) is 7.82. The van der Waals surface area contributed by atoms with E-state index in [-0.39, 0.29) is 39.8 Å². The van der Waals surface area contributed by atoms with Crippen molar-refractivity contribution in [2.75, 3.05) is 20.1 Å². The van der Waals surface area contributed by atoms with Crippen LogP contribution in [0.3, 0.4) is 0 Å². The lowest BCUT2D eigenvalue weighted by Crippen LogP contribution is -2.39. The molecule has 0 aliphatic carbocycles. The molecule has 0 aliphatic heterocycles.